The topological polar surface area (TPSA) is 40.6 Å². The van der Waals surface area contributed by atoms with Crippen LogP contribution in [0.15, 0.2) is 0 Å². The molecule has 0 amide bonds. The zero-order chi connectivity index (χ0) is 13.0. The fraction of sp³-hybridized carbons (Fsp3) is 1.00. The first-order valence-electron chi connectivity index (χ1n) is 6.96. The Kier molecular flexibility index (Phi) is 5.47. The Morgan fingerprint density at radius 2 is 1.67 bits per heavy atom. The summed E-state index contributed by atoms with van der Waals surface area (Å²) >= 11 is 3.44. The molecule has 0 aromatic rings. The van der Waals surface area contributed by atoms with Crippen LogP contribution in [0.25, 0.3) is 0 Å². The van der Waals surface area contributed by atoms with Crippen molar-refractivity contribution in [3.63, 3.8) is 0 Å². The van der Waals surface area contributed by atoms with Crippen LogP contribution in [0.5, 0.6) is 0 Å². The number of rotatable bonds is 4. The average molecular weight is 339 g/mol. The summed E-state index contributed by atoms with van der Waals surface area (Å²) in [7, 11) is -3.18. The van der Waals surface area contributed by atoms with Crippen molar-refractivity contribution in [3.8, 4) is 0 Å². The van der Waals surface area contributed by atoms with Gasteiger partial charge >= 0.3 is 0 Å². The van der Waals surface area contributed by atoms with Gasteiger partial charge in [-0.1, -0.05) is 28.8 Å². The van der Waals surface area contributed by atoms with Crippen molar-refractivity contribution < 1.29 is 8.42 Å². The highest BCUT2D eigenvalue weighted by atomic mass is 79.9. The van der Waals surface area contributed by atoms with Gasteiger partial charge in [-0.2, -0.15) is 17.0 Å². The van der Waals surface area contributed by atoms with Crippen LogP contribution in [-0.4, -0.2) is 48.5 Å². The number of alkyl halides is 1. The Morgan fingerprint density at radius 3 is 2.28 bits per heavy atom. The molecule has 2 aliphatic heterocycles. The van der Waals surface area contributed by atoms with E-state index >= 15 is 0 Å². The normalized spacial score (nSPS) is 28.4. The van der Waals surface area contributed by atoms with E-state index < -0.39 is 10.2 Å². The van der Waals surface area contributed by atoms with Crippen LogP contribution >= 0.6 is 15.9 Å². The Bertz CT molecular complexity index is 353. The molecule has 1 atom stereocenters. The number of hydrogen-bond acceptors (Lipinski definition) is 2. The molecule has 0 spiro atoms. The van der Waals surface area contributed by atoms with Crippen LogP contribution in [0.4, 0.5) is 0 Å². The molecule has 2 fully saturated rings. The summed E-state index contributed by atoms with van der Waals surface area (Å²) in [5, 5.41) is 0.968. The number of halogens is 1. The monoisotopic (exact) mass is 338 g/mol. The Labute approximate surface area is 119 Å². The summed E-state index contributed by atoms with van der Waals surface area (Å²) in [6, 6.07) is 0. The SMILES string of the molecule is O=S(=O)(N1CCCCCC1)N1CCC(CCBr)C1. The quantitative estimate of drug-likeness (QED) is 0.737. The lowest BCUT2D eigenvalue weighted by Crippen LogP contribution is -2.43. The Morgan fingerprint density at radius 1 is 1.00 bits per heavy atom. The van der Waals surface area contributed by atoms with Gasteiger partial charge < -0.3 is 0 Å². The Hall–Kier alpha value is 0.350. The van der Waals surface area contributed by atoms with Crippen LogP contribution in [0.2, 0.25) is 0 Å². The van der Waals surface area contributed by atoms with Gasteiger partial charge in [-0.05, 0) is 31.6 Å². The highest BCUT2D eigenvalue weighted by molar-refractivity contribution is 9.09. The lowest BCUT2D eigenvalue weighted by atomic mass is 10.1. The third-order valence-electron chi connectivity index (χ3n) is 3.98. The van der Waals surface area contributed by atoms with E-state index in [2.05, 4.69) is 15.9 Å². The zero-order valence-corrected chi connectivity index (χ0v) is 13.3. The molecule has 4 nitrogen and oxygen atoms in total. The predicted molar refractivity (Wildman–Crippen MR) is 77.1 cm³/mol. The van der Waals surface area contributed by atoms with Gasteiger partial charge in [0.15, 0.2) is 0 Å². The predicted octanol–water partition coefficient (Wildman–Crippen LogP) is 2.21. The third kappa shape index (κ3) is 3.46. The summed E-state index contributed by atoms with van der Waals surface area (Å²) in [5.41, 5.74) is 0. The van der Waals surface area contributed by atoms with E-state index in [0.29, 0.717) is 32.1 Å². The van der Waals surface area contributed by atoms with Gasteiger partial charge in [0.1, 0.15) is 0 Å². The van der Waals surface area contributed by atoms with E-state index in [4.69, 9.17) is 0 Å². The lowest BCUT2D eigenvalue weighted by Gasteiger charge is -2.26. The number of hydrogen-bond donors (Lipinski definition) is 0. The molecule has 0 N–H and O–H groups in total. The molecule has 0 aromatic carbocycles. The second kappa shape index (κ2) is 6.68. The first-order chi connectivity index (χ1) is 8.64. The summed E-state index contributed by atoms with van der Waals surface area (Å²) < 4.78 is 28.5. The Balaban J connectivity index is 1.97. The molecule has 0 aromatic heterocycles. The summed E-state index contributed by atoms with van der Waals surface area (Å²) in [6.07, 6.45) is 6.44. The molecule has 0 saturated carbocycles. The maximum Gasteiger partial charge on any atom is 0.281 e. The lowest BCUT2D eigenvalue weighted by molar-refractivity contribution is 0.361. The second-order valence-corrected chi connectivity index (χ2v) is 8.03. The van der Waals surface area contributed by atoms with E-state index in [1.165, 1.54) is 0 Å². The molecule has 1 unspecified atom stereocenters. The van der Waals surface area contributed by atoms with Crippen LogP contribution in [-0.2, 0) is 10.2 Å². The van der Waals surface area contributed by atoms with Crippen LogP contribution in [0, 0.1) is 5.92 Å². The van der Waals surface area contributed by atoms with Crippen LogP contribution < -0.4 is 0 Å². The van der Waals surface area contributed by atoms with Gasteiger partial charge in [-0.3, -0.25) is 0 Å². The van der Waals surface area contributed by atoms with Crippen molar-refractivity contribution in [1.29, 1.82) is 0 Å². The van der Waals surface area contributed by atoms with E-state index in [1.54, 1.807) is 8.61 Å². The first-order valence-corrected chi connectivity index (χ1v) is 9.47. The van der Waals surface area contributed by atoms with E-state index in [9.17, 15) is 8.42 Å². The summed E-state index contributed by atoms with van der Waals surface area (Å²) in [6.45, 7) is 2.84. The number of nitrogens with zero attached hydrogens (tertiary/aromatic N) is 2. The molecule has 2 rings (SSSR count). The minimum absolute atomic E-state index is 0.533. The van der Waals surface area contributed by atoms with Gasteiger partial charge in [0.25, 0.3) is 10.2 Å². The molecule has 18 heavy (non-hydrogen) atoms. The minimum Gasteiger partial charge on any atom is -0.195 e. The standard InChI is InChI=1S/C12H23BrN2O2S/c13-7-5-12-6-10-15(11-12)18(16,17)14-8-3-1-2-4-9-14/h12H,1-11H2. The molecule has 0 bridgehead atoms. The molecule has 2 saturated heterocycles. The van der Waals surface area contributed by atoms with E-state index in [0.717, 1.165) is 43.9 Å². The molecule has 0 radical (unpaired) electrons. The highest BCUT2D eigenvalue weighted by Crippen LogP contribution is 2.25. The van der Waals surface area contributed by atoms with Crippen molar-refractivity contribution in [2.75, 3.05) is 31.5 Å². The minimum atomic E-state index is -3.18. The molecular weight excluding hydrogens is 316 g/mol. The fourth-order valence-corrected chi connectivity index (χ4v) is 5.26. The van der Waals surface area contributed by atoms with Crippen molar-refractivity contribution in [3.05, 3.63) is 0 Å². The zero-order valence-electron chi connectivity index (χ0n) is 10.9. The molecule has 6 heteroatoms. The van der Waals surface area contributed by atoms with Crippen LogP contribution in [0.3, 0.4) is 0 Å². The van der Waals surface area contributed by atoms with Crippen molar-refractivity contribution in [2.45, 2.75) is 38.5 Å². The first kappa shape index (κ1) is 14.8. The van der Waals surface area contributed by atoms with E-state index in [1.807, 2.05) is 0 Å². The molecular formula is C12H23BrN2O2S. The highest BCUT2D eigenvalue weighted by Gasteiger charge is 2.35. The fourth-order valence-electron chi connectivity index (χ4n) is 2.83. The maximum absolute atomic E-state index is 12.5. The van der Waals surface area contributed by atoms with Crippen molar-refractivity contribution in [1.82, 2.24) is 8.61 Å². The van der Waals surface area contributed by atoms with Crippen LogP contribution in [0.1, 0.15) is 38.5 Å². The maximum atomic E-state index is 12.5. The summed E-state index contributed by atoms with van der Waals surface area (Å²) in [4.78, 5) is 0. The third-order valence-corrected chi connectivity index (χ3v) is 6.44. The smallest absolute Gasteiger partial charge is 0.195 e. The molecule has 0 aliphatic carbocycles. The van der Waals surface area contributed by atoms with E-state index in [-0.39, 0.29) is 0 Å². The summed E-state index contributed by atoms with van der Waals surface area (Å²) in [5.74, 6) is 0.533. The van der Waals surface area contributed by atoms with Gasteiger partial charge in [0.2, 0.25) is 0 Å². The van der Waals surface area contributed by atoms with Gasteiger partial charge in [0, 0.05) is 31.5 Å². The van der Waals surface area contributed by atoms with Gasteiger partial charge in [0.05, 0.1) is 0 Å². The molecule has 2 heterocycles. The molecule has 106 valence electrons. The van der Waals surface area contributed by atoms with Crippen molar-refractivity contribution >= 4 is 26.1 Å². The van der Waals surface area contributed by atoms with Gasteiger partial charge in [-0.25, -0.2) is 0 Å². The molecule has 2 aliphatic rings. The largest absolute Gasteiger partial charge is 0.281 e. The van der Waals surface area contributed by atoms with Crippen molar-refractivity contribution in [2.24, 2.45) is 5.92 Å². The van der Waals surface area contributed by atoms with Gasteiger partial charge in [-0.15, -0.1) is 0 Å². The average Bonchev–Trinajstić information content (AvgIpc) is 2.65. The second-order valence-electron chi connectivity index (χ2n) is 5.31.